The van der Waals surface area contributed by atoms with Crippen molar-refractivity contribution in [3.8, 4) is 0 Å². The molecule has 1 saturated carbocycles. The van der Waals surface area contributed by atoms with Crippen LogP contribution in [0.1, 0.15) is 52.4 Å². The highest BCUT2D eigenvalue weighted by Gasteiger charge is 2.21. The first-order valence-electron chi connectivity index (χ1n) is 6.44. The largest absolute Gasteiger partial charge is 0.461 e. The summed E-state index contributed by atoms with van der Waals surface area (Å²) in [6, 6.07) is 9.80. The summed E-state index contributed by atoms with van der Waals surface area (Å²) in [5, 5.41) is 0. The van der Waals surface area contributed by atoms with Gasteiger partial charge in [0.1, 0.15) is 0 Å². The zero-order chi connectivity index (χ0) is 12.5. The summed E-state index contributed by atoms with van der Waals surface area (Å²) >= 11 is 0. The molecule has 0 atom stereocenters. The number of rotatable bonds is 3. The lowest BCUT2D eigenvalue weighted by Crippen LogP contribution is -2.10. The molecule has 1 aromatic carbocycles. The minimum atomic E-state index is -0.0151. The van der Waals surface area contributed by atoms with Gasteiger partial charge in [-0.25, -0.2) is 0 Å². The second-order valence-electron chi connectivity index (χ2n) is 5.02. The summed E-state index contributed by atoms with van der Waals surface area (Å²) < 4.78 is 5.27. The van der Waals surface area contributed by atoms with E-state index in [-0.39, 0.29) is 5.78 Å². The molecule has 1 heterocycles. The van der Waals surface area contributed by atoms with Gasteiger partial charge >= 0.3 is 0 Å². The van der Waals surface area contributed by atoms with Gasteiger partial charge in [0.2, 0.25) is 5.78 Å². The molecule has 2 nitrogen and oxygen atoms in total. The van der Waals surface area contributed by atoms with Crippen molar-refractivity contribution in [3.05, 3.63) is 59.0 Å². The van der Waals surface area contributed by atoms with Crippen molar-refractivity contribution in [2.75, 3.05) is 0 Å². The summed E-state index contributed by atoms with van der Waals surface area (Å²) in [7, 11) is 0. The van der Waals surface area contributed by atoms with Crippen molar-refractivity contribution in [1.29, 1.82) is 0 Å². The summed E-state index contributed by atoms with van der Waals surface area (Å²) in [4.78, 5) is 12.3. The van der Waals surface area contributed by atoms with E-state index in [1.807, 2.05) is 31.2 Å². The molecule has 0 spiro atoms. The number of hydrogen-bond donors (Lipinski definition) is 0. The maximum Gasteiger partial charge on any atom is 0.228 e. The van der Waals surface area contributed by atoms with Gasteiger partial charge in [0, 0.05) is 5.56 Å². The molecule has 1 aliphatic carbocycles. The van der Waals surface area contributed by atoms with Gasteiger partial charge in [-0.05, 0) is 48.9 Å². The van der Waals surface area contributed by atoms with Crippen LogP contribution in [0, 0.1) is 6.92 Å². The summed E-state index contributed by atoms with van der Waals surface area (Å²) in [6.07, 6.45) is 5.37. The fourth-order valence-electron chi connectivity index (χ4n) is 2.41. The molecule has 0 unspecified atom stereocenters. The zero-order valence-corrected chi connectivity index (χ0v) is 10.5. The van der Waals surface area contributed by atoms with Gasteiger partial charge in [0.15, 0.2) is 5.76 Å². The number of carbonyl (C=O) groups excluding carboxylic acids is 1. The van der Waals surface area contributed by atoms with Crippen LogP contribution in [0.3, 0.4) is 0 Å². The fraction of sp³-hybridized carbons (Fsp3) is 0.312. The SMILES string of the molecule is Cc1ccoc1C(=O)c1cccc(C2CCC2)c1. The summed E-state index contributed by atoms with van der Waals surface area (Å²) in [6.45, 7) is 1.90. The van der Waals surface area contributed by atoms with E-state index in [0.29, 0.717) is 11.7 Å². The standard InChI is InChI=1S/C16H16O2/c1-11-8-9-18-16(11)15(17)14-7-3-6-13(10-14)12-4-2-5-12/h3,6-10,12H,2,4-5H2,1H3. The second-order valence-corrected chi connectivity index (χ2v) is 5.02. The average Bonchev–Trinajstić information content (AvgIpc) is 2.73. The first-order valence-corrected chi connectivity index (χ1v) is 6.44. The molecule has 1 aliphatic rings. The molecule has 18 heavy (non-hydrogen) atoms. The van der Waals surface area contributed by atoms with Gasteiger partial charge in [0.05, 0.1) is 6.26 Å². The van der Waals surface area contributed by atoms with Gasteiger partial charge in [-0.3, -0.25) is 4.79 Å². The van der Waals surface area contributed by atoms with E-state index in [1.165, 1.54) is 24.8 Å². The second kappa shape index (κ2) is 4.45. The van der Waals surface area contributed by atoms with E-state index in [1.54, 1.807) is 6.26 Å². The van der Waals surface area contributed by atoms with E-state index >= 15 is 0 Å². The Morgan fingerprint density at radius 2 is 2.11 bits per heavy atom. The van der Waals surface area contributed by atoms with Crippen LogP contribution < -0.4 is 0 Å². The van der Waals surface area contributed by atoms with E-state index in [0.717, 1.165) is 11.1 Å². The molecule has 1 aromatic heterocycles. The third-order valence-corrected chi connectivity index (χ3v) is 3.79. The third kappa shape index (κ3) is 1.88. The van der Waals surface area contributed by atoms with Crippen LogP contribution in [-0.2, 0) is 0 Å². The maximum absolute atomic E-state index is 12.3. The molecule has 0 radical (unpaired) electrons. The molecular formula is C16H16O2. The Morgan fingerprint density at radius 3 is 2.72 bits per heavy atom. The van der Waals surface area contributed by atoms with Crippen molar-refractivity contribution in [3.63, 3.8) is 0 Å². The van der Waals surface area contributed by atoms with E-state index in [2.05, 4.69) is 6.07 Å². The van der Waals surface area contributed by atoms with Gasteiger partial charge in [-0.15, -0.1) is 0 Å². The van der Waals surface area contributed by atoms with Crippen LogP contribution >= 0.6 is 0 Å². The normalized spacial score (nSPS) is 15.4. The molecule has 92 valence electrons. The van der Waals surface area contributed by atoms with Crippen LogP contribution in [0.4, 0.5) is 0 Å². The average molecular weight is 240 g/mol. The van der Waals surface area contributed by atoms with Crippen LogP contribution in [0.2, 0.25) is 0 Å². The molecular weight excluding hydrogens is 224 g/mol. The number of carbonyl (C=O) groups is 1. The molecule has 0 saturated heterocycles. The molecule has 3 rings (SSSR count). The minimum absolute atomic E-state index is 0.0151. The lowest BCUT2D eigenvalue weighted by atomic mass is 9.79. The van der Waals surface area contributed by atoms with E-state index in [9.17, 15) is 4.79 Å². The monoisotopic (exact) mass is 240 g/mol. The lowest BCUT2D eigenvalue weighted by Gasteiger charge is -2.25. The smallest absolute Gasteiger partial charge is 0.228 e. The zero-order valence-electron chi connectivity index (χ0n) is 10.5. The Morgan fingerprint density at radius 1 is 1.28 bits per heavy atom. The number of hydrogen-bond acceptors (Lipinski definition) is 2. The Bertz CT molecular complexity index is 576. The van der Waals surface area contributed by atoms with Crippen LogP contribution in [-0.4, -0.2) is 5.78 Å². The van der Waals surface area contributed by atoms with Crippen LogP contribution in [0.25, 0.3) is 0 Å². The number of aryl methyl sites for hydroxylation is 1. The van der Waals surface area contributed by atoms with Crippen LogP contribution in [0.5, 0.6) is 0 Å². The minimum Gasteiger partial charge on any atom is -0.461 e. The molecule has 2 heteroatoms. The molecule has 0 aliphatic heterocycles. The van der Waals surface area contributed by atoms with E-state index in [4.69, 9.17) is 4.42 Å². The van der Waals surface area contributed by atoms with Gasteiger partial charge < -0.3 is 4.42 Å². The highest BCUT2D eigenvalue weighted by Crippen LogP contribution is 2.36. The highest BCUT2D eigenvalue weighted by molar-refractivity contribution is 6.08. The first-order chi connectivity index (χ1) is 8.75. The summed E-state index contributed by atoms with van der Waals surface area (Å²) in [5.74, 6) is 1.09. The Balaban J connectivity index is 1.92. The molecule has 1 fully saturated rings. The summed E-state index contributed by atoms with van der Waals surface area (Å²) in [5.41, 5.74) is 2.92. The Hall–Kier alpha value is -1.83. The van der Waals surface area contributed by atoms with Gasteiger partial charge in [-0.1, -0.05) is 24.6 Å². The van der Waals surface area contributed by atoms with Crippen molar-refractivity contribution in [1.82, 2.24) is 0 Å². The molecule has 2 aromatic rings. The molecule has 0 bridgehead atoms. The van der Waals surface area contributed by atoms with Gasteiger partial charge in [-0.2, -0.15) is 0 Å². The molecule has 0 amide bonds. The number of benzene rings is 1. The first kappa shape index (κ1) is 11.3. The Kier molecular flexibility index (Phi) is 2.78. The topological polar surface area (TPSA) is 30.2 Å². The van der Waals surface area contributed by atoms with E-state index < -0.39 is 0 Å². The fourth-order valence-corrected chi connectivity index (χ4v) is 2.41. The predicted octanol–water partition coefficient (Wildman–Crippen LogP) is 4.09. The lowest BCUT2D eigenvalue weighted by molar-refractivity contribution is 0.101. The van der Waals surface area contributed by atoms with Crippen molar-refractivity contribution < 1.29 is 9.21 Å². The van der Waals surface area contributed by atoms with Crippen molar-refractivity contribution >= 4 is 5.78 Å². The van der Waals surface area contributed by atoms with Crippen molar-refractivity contribution in [2.24, 2.45) is 0 Å². The van der Waals surface area contributed by atoms with Crippen molar-refractivity contribution in [2.45, 2.75) is 32.1 Å². The highest BCUT2D eigenvalue weighted by atomic mass is 16.3. The third-order valence-electron chi connectivity index (χ3n) is 3.79. The maximum atomic E-state index is 12.3. The number of ketones is 1. The molecule has 0 N–H and O–H groups in total. The Labute approximate surface area is 107 Å². The quantitative estimate of drug-likeness (QED) is 0.756. The van der Waals surface area contributed by atoms with Gasteiger partial charge in [0.25, 0.3) is 0 Å². The van der Waals surface area contributed by atoms with Crippen LogP contribution in [0.15, 0.2) is 41.0 Å². The number of furan rings is 1. The predicted molar refractivity (Wildman–Crippen MR) is 69.9 cm³/mol.